The van der Waals surface area contributed by atoms with Crippen LogP contribution < -0.4 is 5.73 Å². The van der Waals surface area contributed by atoms with Crippen LogP contribution in [-0.2, 0) is 5.75 Å². The fraction of sp³-hybridized carbons (Fsp3) is 0.143. The van der Waals surface area contributed by atoms with E-state index in [9.17, 15) is 0 Å². The van der Waals surface area contributed by atoms with E-state index in [1.165, 1.54) is 28.7 Å². The molecule has 2 aromatic carbocycles. The van der Waals surface area contributed by atoms with Gasteiger partial charge in [0.05, 0.1) is 6.21 Å². The van der Waals surface area contributed by atoms with Crippen molar-refractivity contribution in [2.45, 2.75) is 19.6 Å². The number of hydrogen-bond acceptors (Lipinski definition) is 3. The zero-order chi connectivity index (χ0) is 18.4. The van der Waals surface area contributed by atoms with Gasteiger partial charge < -0.3 is 10.3 Å². The molecule has 132 valence electrons. The van der Waals surface area contributed by atoms with Crippen LogP contribution >= 0.6 is 11.8 Å². The molecule has 2 N–H and O–H groups in total. The summed E-state index contributed by atoms with van der Waals surface area (Å²) in [7, 11) is 0. The van der Waals surface area contributed by atoms with Crippen LogP contribution in [0.1, 0.15) is 22.5 Å². The summed E-state index contributed by atoms with van der Waals surface area (Å²) < 4.78 is 2.22. The van der Waals surface area contributed by atoms with Crippen molar-refractivity contribution in [3.8, 4) is 5.69 Å². The molecule has 0 amide bonds. The molecule has 0 aliphatic rings. The predicted octanol–water partition coefficient (Wildman–Crippen LogP) is 4.68. The molecule has 26 heavy (non-hydrogen) atoms. The molecule has 1 aromatic heterocycles. The fourth-order valence-electron chi connectivity index (χ4n) is 2.70. The van der Waals surface area contributed by atoms with Crippen molar-refractivity contribution >= 4 is 23.1 Å². The summed E-state index contributed by atoms with van der Waals surface area (Å²) in [4.78, 5) is 0. The second-order valence-corrected chi connectivity index (χ2v) is 7.00. The van der Waals surface area contributed by atoms with E-state index in [0.29, 0.717) is 5.17 Å². The van der Waals surface area contributed by atoms with Gasteiger partial charge in [-0.2, -0.15) is 5.10 Å². The van der Waals surface area contributed by atoms with E-state index in [-0.39, 0.29) is 0 Å². The molecule has 0 spiro atoms. The van der Waals surface area contributed by atoms with Gasteiger partial charge in [-0.25, -0.2) is 0 Å². The van der Waals surface area contributed by atoms with Gasteiger partial charge in [0.2, 0.25) is 0 Å². The Morgan fingerprint density at radius 2 is 1.62 bits per heavy atom. The molecule has 3 aromatic rings. The van der Waals surface area contributed by atoms with Gasteiger partial charge in [0, 0.05) is 22.8 Å². The smallest absolute Gasteiger partial charge is 0.180 e. The number of amidine groups is 1. The summed E-state index contributed by atoms with van der Waals surface area (Å²) in [6.07, 6.45) is 1.72. The number of aryl methyl sites for hydroxylation is 2. The second kappa shape index (κ2) is 8.54. The topological polar surface area (TPSA) is 55.7 Å². The maximum Gasteiger partial charge on any atom is 0.180 e. The molecule has 1 heterocycles. The molecule has 5 heteroatoms. The molecule has 4 nitrogen and oxygen atoms in total. The Morgan fingerprint density at radius 1 is 0.962 bits per heavy atom. The van der Waals surface area contributed by atoms with Gasteiger partial charge in [-0.3, -0.25) is 0 Å². The highest BCUT2D eigenvalue weighted by atomic mass is 32.2. The maximum atomic E-state index is 5.90. The average molecular weight is 363 g/mol. The molecule has 0 radical (unpaired) electrons. The first-order chi connectivity index (χ1) is 12.6. The number of nitrogens with zero attached hydrogens (tertiary/aromatic N) is 3. The number of aromatic nitrogens is 1. The summed E-state index contributed by atoms with van der Waals surface area (Å²) in [6, 6.07) is 22.6. The largest absolute Gasteiger partial charge is 0.377 e. The van der Waals surface area contributed by atoms with E-state index in [4.69, 9.17) is 5.73 Å². The predicted molar refractivity (Wildman–Crippen MR) is 112 cm³/mol. The van der Waals surface area contributed by atoms with Crippen molar-refractivity contribution in [1.82, 2.24) is 4.57 Å². The lowest BCUT2D eigenvalue weighted by Gasteiger charge is -2.09. The van der Waals surface area contributed by atoms with Crippen LogP contribution in [0.3, 0.4) is 0 Å². The van der Waals surface area contributed by atoms with Gasteiger partial charge in [0.1, 0.15) is 0 Å². The summed E-state index contributed by atoms with van der Waals surface area (Å²) in [5, 5.41) is 8.61. The zero-order valence-electron chi connectivity index (χ0n) is 15.0. The van der Waals surface area contributed by atoms with Crippen molar-refractivity contribution < 1.29 is 0 Å². The normalized spacial score (nSPS) is 12.0. The van der Waals surface area contributed by atoms with Gasteiger partial charge in [0.15, 0.2) is 5.17 Å². The lowest BCUT2D eigenvalue weighted by molar-refractivity contribution is 0.966. The zero-order valence-corrected chi connectivity index (χ0v) is 15.8. The van der Waals surface area contributed by atoms with Crippen molar-refractivity contribution in [2.24, 2.45) is 15.9 Å². The molecule has 0 saturated heterocycles. The summed E-state index contributed by atoms with van der Waals surface area (Å²) >= 11 is 1.48. The quantitative estimate of drug-likeness (QED) is 0.407. The van der Waals surface area contributed by atoms with Crippen LogP contribution in [-0.4, -0.2) is 15.9 Å². The molecule has 0 saturated carbocycles. The van der Waals surface area contributed by atoms with Crippen molar-refractivity contribution in [3.63, 3.8) is 0 Å². The van der Waals surface area contributed by atoms with Crippen LogP contribution in [0.2, 0.25) is 0 Å². The average Bonchev–Trinajstić information content (AvgIpc) is 3.00. The highest BCUT2D eigenvalue weighted by Crippen LogP contribution is 2.16. The van der Waals surface area contributed by atoms with Gasteiger partial charge in [-0.15, -0.1) is 5.10 Å². The number of hydrogen-bond donors (Lipinski definition) is 1. The van der Waals surface area contributed by atoms with E-state index >= 15 is 0 Å². The van der Waals surface area contributed by atoms with Crippen molar-refractivity contribution in [2.75, 3.05) is 0 Å². The van der Waals surface area contributed by atoms with Crippen LogP contribution in [0, 0.1) is 13.8 Å². The van der Waals surface area contributed by atoms with Crippen LogP contribution in [0.4, 0.5) is 0 Å². The molecule has 3 rings (SSSR count). The highest BCUT2D eigenvalue weighted by molar-refractivity contribution is 8.13. The van der Waals surface area contributed by atoms with E-state index in [1.54, 1.807) is 6.21 Å². The minimum Gasteiger partial charge on any atom is -0.377 e. The molecule has 0 aliphatic heterocycles. The van der Waals surface area contributed by atoms with E-state index < -0.39 is 0 Å². The molecule has 0 fully saturated rings. The Hall–Kier alpha value is -2.79. The number of rotatable bonds is 5. The van der Waals surface area contributed by atoms with Gasteiger partial charge in [-0.05, 0) is 49.2 Å². The number of thioether (sulfide) groups is 1. The minimum atomic E-state index is 0.459. The summed E-state index contributed by atoms with van der Waals surface area (Å²) in [5.74, 6) is 0.788. The Morgan fingerprint density at radius 3 is 2.27 bits per heavy atom. The molecular formula is C21H22N4S. The Kier molecular flexibility index (Phi) is 5.92. The van der Waals surface area contributed by atoms with Crippen LogP contribution in [0.15, 0.2) is 76.9 Å². The third-order valence-electron chi connectivity index (χ3n) is 4.02. The SMILES string of the molecule is Cc1ccc(C)n1-c1ccc(C=NN=C(N)SCc2ccccc2)cc1. The Balaban J connectivity index is 1.60. The van der Waals surface area contributed by atoms with Crippen LogP contribution in [0.25, 0.3) is 5.69 Å². The standard InChI is InChI=1S/C21H22N4S/c1-16-8-9-17(2)25(16)20-12-10-18(11-13-20)14-23-24-21(22)26-15-19-6-4-3-5-7-19/h3-14H,15H2,1-2H3,(H2,22,24). The first-order valence-electron chi connectivity index (χ1n) is 8.42. The lowest BCUT2D eigenvalue weighted by atomic mass is 10.2. The maximum absolute atomic E-state index is 5.90. The number of nitrogens with two attached hydrogens (primary N) is 1. The monoisotopic (exact) mass is 362 g/mol. The van der Waals surface area contributed by atoms with E-state index in [0.717, 1.165) is 17.0 Å². The third kappa shape index (κ3) is 4.64. The Bertz CT molecular complexity index is 889. The Labute approximate surface area is 158 Å². The van der Waals surface area contributed by atoms with E-state index in [1.807, 2.05) is 30.3 Å². The van der Waals surface area contributed by atoms with Crippen molar-refractivity contribution in [3.05, 3.63) is 89.2 Å². The minimum absolute atomic E-state index is 0.459. The first kappa shape index (κ1) is 18.0. The van der Waals surface area contributed by atoms with Gasteiger partial charge in [0.25, 0.3) is 0 Å². The van der Waals surface area contributed by atoms with Crippen molar-refractivity contribution in [1.29, 1.82) is 0 Å². The first-order valence-corrected chi connectivity index (χ1v) is 9.40. The van der Waals surface area contributed by atoms with Gasteiger partial charge >= 0.3 is 0 Å². The highest BCUT2D eigenvalue weighted by Gasteiger charge is 2.03. The number of benzene rings is 2. The fourth-order valence-corrected chi connectivity index (χ4v) is 3.31. The summed E-state index contributed by atoms with van der Waals surface area (Å²) in [5.41, 5.74) is 11.7. The lowest BCUT2D eigenvalue weighted by Crippen LogP contribution is -2.06. The molecule has 0 bridgehead atoms. The molecule has 0 aliphatic carbocycles. The molecule has 0 unspecified atom stereocenters. The molecular weight excluding hydrogens is 340 g/mol. The summed E-state index contributed by atoms with van der Waals surface area (Å²) in [6.45, 7) is 4.21. The third-order valence-corrected chi connectivity index (χ3v) is 4.87. The molecule has 0 atom stereocenters. The second-order valence-electron chi connectivity index (χ2n) is 6.00. The van der Waals surface area contributed by atoms with E-state index in [2.05, 4.69) is 65.0 Å². The van der Waals surface area contributed by atoms with Crippen LogP contribution in [0.5, 0.6) is 0 Å². The van der Waals surface area contributed by atoms with Gasteiger partial charge in [-0.1, -0.05) is 54.2 Å².